The maximum absolute atomic E-state index is 6.30. The van der Waals surface area contributed by atoms with E-state index in [-0.39, 0.29) is 0 Å². The van der Waals surface area contributed by atoms with Crippen LogP contribution >= 0.6 is 23.2 Å². The van der Waals surface area contributed by atoms with E-state index < -0.39 is 0 Å². The van der Waals surface area contributed by atoms with Gasteiger partial charge in [-0.15, -0.1) is 6.58 Å². The molecule has 5 heteroatoms. The van der Waals surface area contributed by atoms with Crippen LogP contribution in [-0.4, -0.2) is 16.1 Å². The van der Waals surface area contributed by atoms with Crippen molar-refractivity contribution in [1.82, 2.24) is 9.55 Å². The fourth-order valence-corrected chi connectivity index (χ4v) is 2.26. The molecule has 0 saturated heterocycles. The quantitative estimate of drug-likeness (QED) is 0.848. The van der Waals surface area contributed by atoms with Crippen LogP contribution in [0.25, 0.3) is 5.69 Å². The summed E-state index contributed by atoms with van der Waals surface area (Å²) in [5, 5.41) is 4.50. The van der Waals surface area contributed by atoms with Crippen molar-refractivity contribution in [3.05, 3.63) is 52.3 Å². The van der Waals surface area contributed by atoms with Crippen LogP contribution in [0.15, 0.2) is 31.0 Å². The number of aryl methyl sites for hydroxylation is 2. The highest BCUT2D eigenvalue weighted by molar-refractivity contribution is 6.35. The van der Waals surface area contributed by atoms with Gasteiger partial charge in [0.05, 0.1) is 16.4 Å². The van der Waals surface area contributed by atoms with Gasteiger partial charge < -0.3 is 5.32 Å². The number of rotatable bonds is 4. The largest absolute Gasteiger partial charge is 0.352 e. The van der Waals surface area contributed by atoms with Gasteiger partial charge >= 0.3 is 0 Å². The first-order valence-corrected chi connectivity index (χ1v) is 6.65. The molecule has 0 atom stereocenters. The fraction of sp³-hybridized carbons (Fsp3) is 0.214. The molecule has 2 aromatic rings. The molecule has 1 N–H and O–H groups in total. The summed E-state index contributed by atoms with van der Waals surface area (Å²) in [6.45, 7) is 8.17. The number of imidazole rings is 1. The Labute approximate surface area is 122 Å². The zero-order valence-corrected chi connectivity index (χ0v) is 12.4. The average Bonchev–Trinajstić information content (AvgIpc) is 2.72. The van der Waals surface area contributed by atoms with Crippen molar-refractivity contribution in [2.45, 2.75) is 13.8 Å². The zero-order valence-electron chi connectivity index (χ0n) is 10.9. The van der Waals surface area contributed by atoms with Crippen molar-refractivity contribution in [3.8, 4) is 5.69 Å². The third-order valence-corrected chi connectivity index (χ3v) is 3.43. The molecule has 0 spiro atoms. The number of nitrogens with one attached hydrogen (secondary N) is 1. The minimum absolute atomic E-state index is 0.633. The Morgan fingerprint density at radius 2 is 2.05 bits per heavy atom. The first-order chi connectivity index (χ1) is 9.02. The van der Waals surface area contributed by atoms with Crippen LogP contribution in [0.1, 0.15) is 11.3 Å². The minimum Gasteiger partial charge on any atom is -0.352 e. The first kappa shape index (κ1) is 14.0. The molecule has 0 fully saturated rings. The summed E-state index contributed by atoms with van der Waals surface area (Å²) in [5.74, 6) is 0.721. The lowest BCUT2D eigenvalue weighted by Crippen LogP contribution is -2.06. The van der Waals surface area contributed by atoms with Gasteiger partial charge in [0.1, 0.15) is 0 Å². The predicted octanol–water partition coefficient (Wildman–Crippen LogP) is 4.39. The highest BCUT2D eigenvalue weighted by Gasteiger charge is 2.12. The molecule has 0 amide bonds. The van der Waals surface area contributed by atoms with Gasteiger partial charge in [-0.1, -0.05) is 29.3 Å². The molecule has 2 rings (SSSR count). The molecule has 3 nitrogen and oxygen atoms in total. The molecule has 100 valence electrons. The molecule has 0 aliphatic carbocycles. The van der Waals surface area contributed by atoms with E-state index >= 15 is 0 Å². The van der Waals surface area contributed by atoms with Gasteiger partial charge in [-0.2, -0.15) is 0 Å². The number of halogens is 2. The zero-order chi connectivity index (χ0) is 14.0. The number of hydrogen-bond acceptors (Lipinski definition) is 2. The maximum Gasteiger partial charge on any atom is 0.208 e. The second-order valence-electron chi connectivity index (χ2n) is 4.30. The number of benzene rings is 1. The fourth-order valence-electron chi connectivity index (χ4n) is 1.79. The summed E-state index contributed by atoms with van der Waals surface area (Å²) in [6.07, 6.45) is 3.69. The summed E-state index contributed by atoms with van der Waals surface area (Å²) in [4.78, 5) is 4.42. The van der Waals surface area contributed by atoms with Gasteiger partial charge in [0.2, 0.25) is 5.95 Å². The number of nitrogens with zero attached hydrogens (tertiary/aromatic N) is 2. The second-order valence-corrected chi connectivity index (χ2v) is 5.11. The Balaban J connectivity index is 2.52. The predicted molar refractivity (Wildman–Crippen MR) is 81.7 cm³/mol. The van der Waals surface area contributed by atoms with Crippen LogP contribution in [-0.2, 0) is 0 Å². The van der Waals surface area contributed by atoms with Crippen LogP contribution in [0.3, 0.4) is 0 Å². The van der Waals surface area contributed by atoms with Gasteiger partial charge in [0, 0.05) is 17.8 Å². The summed E-state index contributed by atoms with van der Waals surface area (Å²) in [5.41, 5.74) is 2.66. The first-order valence-electron chi connectivity index (χ1n) is 5.89. The lowest BCUT2D eigenvalue weighted by Gasteiger charge is -2.11. The molecule has 19 heavy (non-hydrogen) atoms. The number of aromatic nitrogens is 2. The van der Waals surface area contributed by atoms with E-state index in [1.807, 2.05) is 36.7 Å². The van der Waals surface area contributed by atoms with E-state index in [9.17, 15) is 0 Å². The standard InChI is InChI=1S/C14H15Cl2N3/c1-4-5-17-14-18-10(3)8-19(14)13-7-11(15)9(2)6-12(13)16/h4,6-8H,1,5H2,2-3H3,(H,17,18). The average molecular weight is 296 g/mol. The van der Waals surface area contributed by atoms with E-state index in [1.54, 1.807) is 6.08 Å². The van der Waals surface area contributed by atoms with Crippen LogP contribution in [0, 0.1) is 13.8 Å². The smallest absolute Gasteiger partial charge is 0.208 e. The highest BCUT2D eigenvalue weighted by atomic mass is 35.5. The van der Waals surface area contributed by atoms with Crippen molar-refractivity contribution in [1.29, 1.82) is 0 Å². The van der Waals surface area contributed by atoms with E-state index in [4.69, 9.17) is 23.2 Å². The second kappa shape index (κ2) is 5.68. The van der Waals surface area contributed by atoms with Crippen LogP contribution in [0.2, 0.25) is 10.0 Å². The van der Waals surface area contributed by atoms with Gasteiger partial charge in [-0.25, -0.2) is 4.98 Å². The van der Waals surface area contributed by atoms with E-state index in [2.05, 4.69) is 16.9 Å². The molecular formula is C14H15Cl2N3. The maximum atomic E-state index is 6.30. The summed E-state index contributed by atoms with van der Waals surface area (Å²) >= 11 is 12.5. The lowest BCUT2D eigenvalue weighted by atomic mass is 10.2. The topological polar surface area (TPSA) is 29.9 Å². The van der Waals surface area contributed by atoms with E-state index in [1.165, 1.54) is 0 Å². The van der Waals surface area contributed by atoms with Gasteiger partial charge in [-0.05, 0) is 31.5 Å². The third kappa shape index (κ3) is 2.94. The Morgan fingerprint density at radius 3 is 2.74 bits per heavy atom. The highest BCUT2D eigenvalue weighted by Crippen LogP contribution is 2.29. The third-order valence-electron chi connectivity index (χ3n) is 2.72. The molecule has 0 saturated carbocycles. The molecule has 1 aromatic heterocycles. The van der Waals surface area contributed by atoms with Crippen LogP contribution in [0.5, 0.6) is 0 Å². The molecule has 0 aliphatic rings. The summed E-state index contributed by atoms with van der Waals surface area (Å²) in [7, 11) is 0. The van der Waals surface area contributed by atoms with Crippen LogP contribution < -0.4 is 5.32 Å². The van der Waals surface area contributed by atoms with E-state index in [0.717, 1.165) is 22.9 Å². The summed E-state index contributed by atoms with van der Waals surface area (Å²) in [6, 6.07) is 3.70. The van der Waals surface area contributed by atoms with Crippen molar-refractivity contribution in [3.63, 3.8) is 0 Å². The van der Waals surface area contributed by atoms with Crippen molar-refractivity contribution < 1.29 is 0 Å². The lowest BCUT2D eigenvalue weighted by molar-refractivity contribution is 1.04. The normalized spacial score (nSPS) is 10.5. The SMILES string of the molecule is C=CCNc1nc(C)cn1-c1cc(Cl)c(C)cc1Cl. The Hall–Kier alpha value is -1.45. The van der Waals surface area contributed by atoms with Crippen LogP contribution in [0.4, 0.5) is 5.95 Å². The molecular weight excluding hydrogens is 281 g/mol. The Bertz CT molecular complexity index is 617. The van der Waals surface area contributed by atoms with Crippen molar-refractivity contribution in [2.24, 2.45) is 0 Å². The number of anilines is 1. The molecule has 0 bridgehead atoms. The summed E-state index contributed by atoms with van der Waals surface area (Å²) < 4.78 is 1.90. The van der Waals surface area contributed by atoms with Crippen molar-refractivity contribution in [2.75, 3.05) is 11.9 Å². The van der Waals surface area contributed by atoms with Gasteiger partial charge in [-0.3, -0.25) is 4.57 Å². The molecule has 0 radical (unpaired) electrons. The molecule has 0 unspecified atom stereocenters. The monoisotopic (exact) mass is 295 g/mol. The van der Waals surface area contributed by atoms with Gasteiger partial charge in [0.25, 0.3) is 0 Å². The molecule has 1 aromatic carbocycles. The Kier molecular flexibility index (Phi) is 4.17. The molecule has 1 heterocycles. The number of hydrogen-bond donors (Lipinski definition) is 1. The van der Waals surface area contributed by atoms with E-state index in [0.29, 0.717) is 16.6 Å². The van der Waals surface area contributed by atoms with Crippen molar-refractivity contribution >= 4 is 29.2 Å². The Morgan fingerprint density at radius 1 is 1.32 bits per heavy atom. The molecule has 0 aliphatic heterocycles. The van der Waals surface area contributed by atoms with Gasteiger partial charge in [0.15, 0.2) is 0 Å². The minimum atomic E-state index is 0.633.